The van der Waals surface area contributed by atoms with Gasteiger partial charge >= 0.3 is 0 Å². The molecule has 0 bridgehead atoms. The normalized spacial score (nSPS) is 15.4. The lowest BCUT2D eigenvalue weighted by atomic mass is 10.0. The average molecular weight is 299 g/mol. The van der Waals surface area contributed by atoms with Gasteiger partial charge in [-0.1, -0.05) is 6.92 Å². The van der Waals surface area contributed by atoms with E-state index in [0.29, 0.717) is 36.5 Å². The van der Waals surface area contributed by atoms with Gasteiger partial charge in [-0.05, 0) is 24.8 Å². The van der Waals surface area contributed by atoms with E-state index >= 15 is 0 Å². The summed E-state index contributed by atoms with van der Waals surface area (Å²) in [7, 11) is 0. The van der Waals surface area contributed by atoms with Crippen LogP contribution >= 0.6 is 0 Å². The van der Waals surface area contributed by atoms with E-state index in [4.69, 9.17) is 15.7 Å². The summed E-state index contributed by atoms with van der Waals surface area (Å²) in [5, 5.41) is 18.6. The highest BCUT2D eigenvalue weighted by Gasteiger charge is 2.24. The molecule has 0 saturated carbocycles. The van der Waals surface area contributed by atoms with Gasteiger partial charge in [-0.3, -0.25) is 0 Å². The molecule has 0 amide bonds. The Bertz CT molecular complexity index is 594. The highest BCUT2D eigenvalue weighted by atomic mass is 16.5. The van der Waals surface area contributed by atoms with E-state index < -0.39 is 0 Å². The number of ether oxygens (including phenoxy) is 1. The van der Waals surface area contributed by atoms with E-state index in [-0.39, 0.29) is 6.10 Å². The fourth-order valence-electron chi connectivity index (χ4n) is 2.83. The molecule has 1 aliphatic rings. The third-order valence-corrected chi connectivity index (χ3v) is 3.97. The van der Waals surface area contributed by atoms with Crippen LogP contribution in [0.2, 0.25) is 0 Å². The quantitative estimate of drug-likeness (QED) is 0.880. The molecule has 0 atom stereocenters. The highest BCUT2D eigenvalue weighted by Crippen LogP contribution is 2.27. The summed E-state index contributed by atoms with van der Waals surface area (Å²) in [5.74, 6) is 0.690. The van der Waals surface area contributed by atoms with E-state index in [0.717, 1.165) is 31.5 Å². The molecule has 2 rings (SSSR count). The summed E-state index contributed by atoms with van der Waals surface area (Å²) in [6.45, 7) is 4.67. The minimum absolute atomic E-state index is 0.231. The highest BCUT2D eigenvalue weighted by molar-refractivity contribution is 5.61. The largest absolute Gasteiger partial charge is 0.377 e. The minimum Gasteiger partial charge on any atom is -0.377 e. The van der Waals surface area contributed by atoms with Crippen molar-refractivity contribution >= 4 is 5.82 Å². The molecular formula is C16H21N5O. The number of nitrogens with zero attached hydrogens (tertiary/aromatic N) is 4. The number of nitriles is 2. The first-order chi connectivity index (χ1) is 10.7. The first-order valence-electron chi connectivity index (χ1n) is 7.63. The van der Waals surface area contributed by atoms with Crippen molar-refractivity contribution in [2.75, 3.05) is 31.1 Å². The first-order valence-corrected chi connectivity index (χ1v) is 7.63. The van der Waals surface area contributed by atoms with E-state index in [1.54, 1.807) is 6.20 Å². The van der Waals surface area contributed by atoms with Crippen LogP contribution in [0.1, 0.15) is 36.5 Å². The van der Waals surface area contributed by atoms with E-state index in [1.165, 1.54) is 0 Å². The molecule has 0 radical (unpaired) electrons. The molecule has 6 heteroatoms. The standard InChI is InChI=1S/C16H21N5O/c1-2-14-12(9-18)11-20-16(15(14)10-19)21-6-3-13(4-7-21)22-8-5-17/h11,13H,2-8,17H2,1H3. The number of hydrogen-bond acceptors (Lipinski definition) is 6. The number of aromatic nitrogens is 1. The number of rotatable bonds is 5. The van der Waals surface area contributed by atoms with Gasteiger partial charge in [0.25, 0.3) is 0 Å². The zero-order valence-corrected chi connectivity index (χ0v) is 12.9. The molecule has 0 aromatic carbocycles. The van der Waals surface area contributed by atoms with Crippen molar-refractivity contribution in [3.05, 3.63) is 22.9 Å². The van der Waals surface area contributed by atoms with Crippen molar-refractivity contribution in [2.45, 2.75) is 32.3 Å². The van der Waals surface area contributed by atoms with Gasteiger partial charge in [0.2, 0.25) is 0 Å². The Morgan fingerprint density at radius 3 is 2.64 bits per heavy atom. The molecule has 116 valence electrons. The summed E-state index contributed by atoms with van der Waals surface area (Å²) in [6.07, 6.45) is 4.25. The number of piperidine rings is 1. The molecule has 0 aliphatic carbocycles. The smallest absolute Gasteiger partial charge is 0.146 e. The van der Waals surface area contributed by atoms with Crippen LogP contribution in [0.4, 0.5) is 5.82 Å². The zero-order chi connectivity index (χ0) is 15.9. The fourth-order valence-corrected chi connectivity index (χ4v) is 2.83. The molecule has 1 aliphatic heterocycles. The molecule has 2 N–H and O–H groups in total. The molecule has 6 nitrogen and oxygen atoms in total. The van der Waals surface area contributed by atoms with Crippen molar-refractivity contribution in [2.24, 2.45) is 5.73 Å². The summed E-state index contributed by atoms with van der Waals surface area (Å²) in [5.41, 5.74) is 7.26. The summed E-state index contributed by atoms with van der Waals surface area (Å²) >= 11 is 0. The Balaban J connectivity index is 2.17. The summed E-state index contributed by atoms with van der Waals surface area (Å²) in [4.78, 5) is 6.47. The lowest BCUT2D eigenvalue weighted by molar-refractivity contribution is 0.0421. The lowest BCUT2D eigenvalue weighted by Crippen LogP contribution is -2.38. The van der Waals surface area contributed by atoms with Gasteiger partial charge in [0, 0.05) is 25.8 Å². The van der Waals surface area contributed by atoms with Crippen LogP contribution in [-0.2, 0) is 11.2 Å². The SMILES string of the molecule is CCc1c(C#N)cnc(N2CCC(OCCN)CC2)c1C#N. The van der Waals surface area contributed by atoms with Gasteiger partial charge in [0.05, 0.1) is 23.8 Å². The Hall–Kier alpha value is -2.15. The molecule has 22 heavy (non-hydrogen) atoms. The maximum absolute atomic E-state index is 9.48. The monoisotopic (exact) mass is 299 g/mol. The van der Waals surface area contributed by atoms with Crippen molar-refractivity contribution in [1.82, 2.24) is 4.98 Å². The number of anilines is 1. The van der Waals surface area contributed by atoms with Crippen LogP contribution in [-0.4, -0.2) is 37.3 Å². The Labute approximate surface area is 131 Å². The first kappa shape index (κ1) is 16.2. The van der Waals surface area contributed by atoms with Crippen LogP contribution in [0.15, 0.2) is 6.20 Å². The number of nitrogens with two attached hydrogens (primary N) is 1. The fraction of sp³-hybridized carbons (Fsp3) is 0.562. The number of pyridine rings is 1. The third kappa shape index (κ3) is 3.36. The zero-order valence-electron chi connectivity index (χ0n) is 12.9. The van der Waals surface area contributed by atoms with E-state index in [1.807, 2.05) is 6.92 Å². The van der Waals surface area contributed by atoms with Gasteiger partial charge in [-0.15, -0.1) is 0 Å². The second-order valence-electron chi connectivity index (χ2n) is 5.27. The summed E-state index contributed by atoms with van der Waals surface area (Å²) < 4.78 is 5.67. The van der Waals surface area contributed by atoms with Crippen molar-refractivity contribution in [3.8, 4) is 12.1 Å². The summed E-state index contributed by atoms with van der Waals surface area (Å²) in [6, 6.07) is 4.35. The number of hydrogen-bond donors (Lipinski definition) is 1. The molecule has 1 fully saturated rings. The molecule has 0 spiro atoms. The molecule has 1 saturated heterocycles. The molecule has 0 unspecified atom stereocenters. The third-order valence-electron chi connectivity index (χ3n) is 3.97. The molecule has 1 aromatic heterocycles. The van der Waals surface area contributed by atoms with Crippen LogP contribution in [0.3, 0.4) is 0 Å². The Kier molecular flexibility index (Phi) is 5.71. The average Bonchev–Trinajstić information content (AvgIpc) is 2.58. The predicted octanol–water partition coefficient (Wildman–Crippen LogP) is 1.33. The van der Waals surface area contributed by atoms with Crippen molar-refractivity contribution in [3.63, 3.8) is 0 Å². The van der Waals surface area contributed by atoms with Gasteiger partial charge in [-0.2, -0.15) is 10.5 Å². The topological polar surface area (TPSA) is 99.0 Å². The van der Waals surface area contributed by atoms with Gasteiger partial charge in [0.1, 0.15) is 18.0 Å². The lowest BCUT2D eigenvalue weighted by Gasteiger charge is -2.33. The molecule has 2 heterocycles. The van der Waals surface area contributed by atoms with Crippen molar-refractivity contribution < 1.29 is 4.74 Å². The van der Waals surface area contributed by atoms with Crippen LogP contribution < -0.4 is 10.6 Å². The maximum Gasteiger partial charge on any atom is 0.146 e. The van der Waals surface area contributed by atoms with E-state index in [2.05, 4.69) is 22.0 Å². The van der Waals surface area contributed by atoms with E-state index in [9.17, 15) is 5.26 Å². The molecular weight excluding hydrogens is 278 g/mol. The predicted molar refractivity (Wildman–Crippen MR) is 83.3 cm³/mol. The molecule has 1 aromatic rings. The minimum atomic E-state index is 0.231. The van der Waals surface area contributed by atoms with Crippen LogP contribution in [0.5, 0.6) is 0 Å². The van der Waals surface area contributed by atoms with Gasteiger partial charge < -0.3 is 15.4 Å². The van der Waals surface area contributed by atoms with Gasteiger partial charge in [0.15, 0.2) is 0 Å². The Morgan fingerprint density at radius 1 is 1.36 bits per heavy atom. The van der Waals surface area contributed by atoms with Crippen LogP contribution in [0, 0.1) is 22.7 Å². The van der Waals surface area contributed by atoms with Crippen LogP contribution in [0.25, 0.3) is 0 Å². The van der Waals surface area contributed by atoms with Gasteiger partial charge in [-0.25, -0.2) is 4.98 Å². The van der Waals surface area contributed by atoms with Crippen molar-refractivity contribution in [1.29, 1.82) is 10.5 Å². The maximum atomic E-state index is 9.48. The Morgan fingerprint density at radius 2 is 2.09 bits per heavy atom. The second kappa shape index (κ2) is 7.74. The second-order valence-corrected chi connectivity index (χ2v) is 5.27.